The smallest absolute Gasteiger partial charge is 0.00449 e. The monoisotopic (exact) mass is 185 g/mol. The zero-order chi connectivity index (χ0) is 9.90. The molecule has 1 fully saturated rings. The molecule has 0 amide bonds. The molecular weight excluding hydrogens is 162 g/mol. The Balaban J connectivity index is 2.50. The minimum atomic E-state index is 0.385. The lowest BCUT2D eigenvalue weighted by Crippen LogP contribution is -2.47. The van der Waals surface area contributed by atoms with Gasteiger partial charge in [-0.1, -0.05) is 0 Å². The molecule has 0 aromatic heterocycles. The molecule has 1 heterocycles. The first-order valence-electron chi connectivity index (χ1n) is 5.11. The molecule has 1 aliphatic rings. The molecule has 78 valence electrons. The van der Waals surface area contributed by atoms with E-state index >= 15 is 0 Å². The van der Waals surface area contributed by atoms with Crippen LogP contribution in [-0.4, -0.2) is 57.1 Å². The molecule has 0 saturated carbocycles. The van der Waals surface area contributed by atoms with Crippen molar-refractivity contribution in [3.63, 3.8) is 0 Å². The number of nitrogens with zero attached hydrogens (tertiary/aromatic N) is 2. The van der Waals surface area contributed by atoms with Gasteiger partial charge in [0.05, 0.1) is 0 Å². The van der Waals surface area contributed by atoms with Gasteiger partial charge in [-0.15, -0.1) is 0 Å². The molecular formula is C10H23N3. The van der Waals surface area contributed by atoms with Crippen LogP contribution in [-0.2, 0) is 0 Å². The van der Waals surface area contributed by atoms with E-state index in [9.17, 15) is 0 Å². The summed E-state index contributed by atoms with van der Waals surface area (Å²) in [5.74, 6) is 0. The van der Waals surface area contributed by atoms with Gasteiger partial charge in [0, 0.05) is 6.54 Å². The molecule has 0 aromatic rings. The Hall–Kier alpha value is -0.120. The number of hydrogen-bond donors (Lipinski definition) is 1. The molecule has 0 aliphatic carbocycles. The van der Waals surface area contributed by atoms with Crippen LogP contribution in [0.2, 0.25) is 0 Å². The predicted octanol–water partition coefficient (Wildman–Crippen LogP) is 0.219. The van der Waals surface area contributed by atoms with Crippen molar-refractivity contribution < 1.29 is 0 Å². The molecule has 0 radical (unpaired) electrons. The highest BCUT2D eigenvalue weighted by Crippen LogP contribution is 2.30. The Morgan fingerprint density at radius 1 is 1.31 bits per heavy atom. The third-order valence-corrected chi connectivity index (χ3v) is 3.13. The van der Waals surface area contributed by atoms with Gasteiger partial charge in [0.15, 0.2) is 0 Å². The third kappa shape index (κ3) is 2.93. The Labute approximate surface area is 81.9 Å². The van der Waals surface area contributed by atoms with Gasteiger partial charge < -0.3 is 15.5 Å². The zero-order valence-corrected chi connectivity index (χ0v) is 9.21. The average Bonchev–Trinajstić information content (AvgIpc) is 2.09. The summed E-state index contributed by atoms with van der Waals surface area (Å²) in [6, 6.07) is 0. The van der Waals surface area contributed by atoms with Crippen molar-refractivity contribution in [2.24, 2.45) is 11.1 Å². The molecule has 0 atom stereocenters. The average molecular weight is 185 g/mol. The van der Waals surface area contributed by atoms with Crippen LogP contribution in [0.5, 0.6) is 0 Å². The van der Waals surface area contributed by atoms with E-state index in [1.807, 2.05) is 0 Å². The number of rotatable bonds is 3. The van der Waals surface area contributed by atoms with E-state index in [-0.39, 0.29) is 0 Å². The van der Waals surface area contributed by atoms with E-state index in [2.05, 4.69) is 30.9 Å². The van der Waals surface area contributed by atoms with Gasteiger partial charge in [0.1, 0.15) is 0 Å². The van der Waals surface area contributed by atoms with Crippen molar-refractivity contribution >= 4 is 0 Å². The van der Waals surface area contributed by atoms with Crippen molar-refractivity contribution in [1.29, 1.82) is 0 Å². The summed E-state index contributed by atoms with van der Waals surface area (Å²) >= 11 is 0. The quantitative estimate of drug-likeness (QED) is 0.682. The summed E-state index contributed by atoms with van der Waals surface area (Å²) in [5, 5.41) is 0. The maximum absolute atomic E-state index is 5.89. The molecule has 2 N–H and O–H groups in total. The van der Waals surface area contributed by atoms with Gasteiger partial charge in [0.25, 0.3) is 0 Å². The molecule has 0 bridgehead atoms. The van der Waals surface area contributed by atoms with Gasteiger partial charge in [-0.05, 0) is 59.0 Å². The van der Waals surface area contributed by atoms with E-state index in [4.69, 9.17) is 5.73 Å². The molecule has 3 nitrogen and oxygen atoms in total. The van der Waals surface area contributed by atoms with E-state index in [1.54, 1.807) is 0 Å². The van der Waals surface area contributed by atoms with E-state index in [0.29, 0.717) is 5.41 Å². The second kappa shape index (κ2) is 4.40. The van der Waals surface area contributed by atoms with E-state index < -0.39 is 0 Å². The van der Waals surface area contributed by atoms with Crippen LogP contribution in [0.3, 0.4) is 0 Å². The van der Waals surface area contributed by atoms with Gasteiger partial charge >= 0.3 is 0 Å². The SMILES string of the molecule is CN(C)CC1(CN)CCN(C)CC1. The van der Waals surface area contributed by atoms with Crippen molar-refractivity contribution in [2.75, 3.05) is 47.3 Å². The lowest BCUT2D eigenvalue weighted by Gasteiger charge is -2.41. The third-order valence-electron chi connectivity index (χ3n) is 3.13. The summed E-state index contributed by atoms with van der Waals surface area (Å²) in [5.41, 5.74) is 6.27. The first-order valence-corrected chi connectivity index (χ1v) is 5.11. The van der Waals surface area contributed by atoms with Crippen LogP contribution in [0.25, 0.3) is 0 Å². The van der Waals surface area contributed by atoms with Gasteiger partial charge in [-0.2, -0.15) is 0 Å². The first kappa shape index (κ1) is 11.0. The number of piperidine rings is 1. The minimum absolute atomic E-state index is 0.385. The van der Waals surface area contributed by atoms with Crippen molar-refractivity contribution in [2.45, 2.75) is 12.8 Å². The van der Waals surface area contributed by atoms with Crippen molar-refractivity contribution in [3.8, 4) is 0 Å². The summed E-state index contributed by atoms with van der Waals surface area (Å²) in [7, 11) is 6.46. The molecule has 3 heteroatoms. The highest BCUT2D eigenvalue weighted by atomic mass is 15.1. The fourth-order valence-electron chi connectivity index (χ4n) is 2.19. The lowest BCUT2D eigenvalue weighted by atomic mass is 9.78. The highest BCUT2D eigenvalue weighted by Gasteiger charge is 2.32. The Kier molecular flexibility index (Phi) is 3.71. The number of likely N-dealkylation sites (tertiary alicyclic amines) is 1. The second-order valence-corrected chi connectivity index (χ2v) is 4.75. The number of hydrogen-bond acceptors (Lipinski definition) is 3. The van der Waals surface area contributed by atoms with Gasteiger partial charge in [-0.25, -0.2) is 0 Å². The maximum Gasteiger partial charge on any atom is 0.00449 e. The lowest BCUT2D eigenvalue weighted by molar-refractivity contribution is 0.0973. The molecule has 1 saturated heterocycles. The first-order chi connectivity index (χ1) is 6.08. The Morgan fingerprint density at radius 2 is 1.85 bits per heavy atom. The van der Waals surface area contributed by atoms with E-state index in [1.165, 1.54) is 25.9 Å². The molecule has 1 rings (SSSR count). The largest absolute Gasteiger partial charge is 0.330 e. The molecule has 0 aromatic carbocycles. The van der Waals surface area contributed by atoms with Crippen LogP contribution < -0.4 is 5.73 Å². The highest BCUT2D eigenvalue weighted by molar-refractivity contribution is 4.87. The van der Waals surface area contributed by atoms with Crippen molar-refractivity contribution in [1.82, 2.24) is 9.80 Å². The Bertz CT molecular complexity index is 148. The maximum atomic E-state index is 5.89. The topological polar surface area (TPSA) is 32.5 Å². The summed E-state index contributed by atoms with van der Waals surface area (Å²) < 4.78 is 0. The molecule has 13 heavy (non-hydrogen) atoms. The van der Waals surface area contributed by atoms with Crippen LogP contribution in [0.1, 0.15) is 12.8 Å². The fraction of sp³-hybridized carbons (Fsp3) is 1.00. The van der Waals surface area contributed by atoms with Crippen LogP contribution in [0, 0.1) is 5.41 Å². The fourth-order valence-corrected chi connectivity index (χ4v) is 2.19. The van der Waals surface area contributed by atoms with Crippen LogP contribution in [0.4, 0.5) is 0 Å². The Morgan fingerprint density at radius 3 is 2.23 bits per heavy atom. The van der Waals surface area contributed by atoms with E-state index in [0.717, 1.165) is 13.1 Å². The molecule has 0 spiro atoms. The summed E-state index contributed by atoms with van der Waals surface area (Å²) in [6.45, 7) is 4.37. The predicted molar refractivity (Wildman–Crippen MR) is 56.8 cm³/mol. The van der Waals surface area contributed by atoms with Crippen LogP contribution in [0.15, 0.2) is 0 Å². The second-order valence-electron chi connectivity index (χ2n) is 4.75. The summed E-state index contributed by atoms with van der Waals surface area (Å²) in [4.78, 5) is 4.65. The summed E-state index contributed by atoms with van der Waals surface area (Å²) in [6.07, 6.45) is 2.50. The van der Waals surface area contributed by atoms with Crippen molar-refractivity contribution in [3.05, 3.63) is 0 Å². The molecule has 0 unspecified atom stereocenters. The zero-order valence-electron chi connectivity index (χ0n) is 9.21. The normalized spacial score (nSPS) is 23.8. The van der Waals surface area contributed by atoms with Gasteiger partial charge in [0.2, 0.25) is 0 Å². The number of nitrogens with two attached hydrogens (primary N) is 1. The minimum Gasteiger partial charge on any atom is -0.330 e. The standard InChI is InChI=1S/C10H23N3/c1-12(2)9-10(8-11)4-6-13(3)7-5-10/h4-9,11H2,1-3H3. The van der Waals surface area contributed by atoms with Crippen LogP contribution >= 0.6 is 0 Å². The van der Waals surface area contributed by atoms with Gasteiger partial charge in [-0.3, -0.25) is 0 Å². The molecule has 1 aliphatic heterocycles.